The Morgan fingerprint density at radius 3 is 2.39 bits per heavy atom. The van der Waals surface area contributed by atoms with Crippen molar-refractivity contribution >= 4 is 5.69 Å². The topological polar surface area (TPSA) is 29.3 Å². The van der Waals surface area contributed by atoms with Gasteiger partial charge in [-0.15, -0.1) is 0 Å². The summed E-state index contributed by atoms with van der Waals surface area (Å²) in [6.45, 7) is 7.34. The normalized spacial score (nSPS) is 17.9. The smallest absolute Gasteiger partial charge is 0.0368 e. The fraction of sp³-hybridized carbons (Fsp3) is 0.625. The van der Waals surface area contributed by atoms with Gasteiger partial charge in [-0.05, 0) is 44.4 Å². The second-order valence-corrected chi connectivity index (χ2v) is 5.41. The standard InChI is InChI=1S/C16H26N2/c1-3-18(4-2)15-9-7-8-14(12-15)16(13-17)10-5-6-11-16/h7-9,12H,3-6,10-11,13,17H2,1-2H3. The Hall–Kier alpha value is -1.02. The molecule has 0 bridgehead atoms. The first-order valence-corrected chi connectivity index (χ1v) is 7.31. The molecule has 2 rings (SSSR count). The summed E-state index contributed by atoms with van der Waals surface area (Å²) in [6.07, 6.45) is 5.16. The van der Waals surface area contributed by atoms with Crippen molar-refractivity contribution in [2.45, 2.75) is 44.9 Å². The molecule has 0 saturated heterocycles. The zero-order valence-electron chi connectivity index (χ0n) is 11.8. The number of nitrogens with zero attached hydrogens (tertiary/aromatic N) is 1. The first kappa shape index (κ1) is 13.4. The van der Waals surface area contributed by atoms with Crippen LogP contribution in [-0.2, 0) is 5.41 Å². The molecule has 1 aromatic carbocycles. The summed E-state index contributed by atoms with van der Waals surface area (Å²) in [5.41, 5.74) is 9.13. The van der Waals surface area contributed by atoms with Crippen LogP contribution in [0.15, 0.2) is 24.3 Å². The van der Waals surface area contributed by atoms with Gasteiger partial charge in [-0.3, -0.25) is 0 Å². The van der Waals surface area contributed by atoms with Gasteiger partial charge in [-0.1, -0.05) is 25.0 Å². The van der Waals surface area contributed by atoms with E-state index in [1.165, 1.54) is 36.9 Å². The highest BCUT2D eigenvalue weighted by Gasteiger charge is 2.34. The third kappa shape index (κ3) is 2.39. The minimum atomic E-state index is 0.253. The zero-order chi connectivity index (χ0) is 13.0. The Balaban J connectivity index is 2.31. The van der Waals surface area contributed by atoms with Gasteiger partial charge in [0.15, 0.2) is 0 Å². The predicted octanol–water partition coefficient (Wildman–Crippen LogP) is 3.30. The van der Waals surface area contributed by atoms with E-state index in [1.807, 2.05) is 0 Å². The third-order valence-corrected chi connectivity index (χ3v) is 4.54. The lowest BCUT2D eigenvalue weighted by Crippen LogP contribution is -2.32. The molecular weight excluding hydrogens is 220 g/mol. The van der Waals surface area contributed by atoms with Crippen LogP contribution in [0.5, 0.6) is 0 Å². The summed E-state index contributed by atoms with van der Waals surface area (Å²) < 4.78 is 0. The van der Waals surface area contributed by atoms with Crippen LogP contribution in [0.25, 0.3) is 0 Å². The Labute approximate surface area is 111 Å². The fourth-order valence-corrected chi connectivity index (χ4v) is 3.28. The van der Waals surface area contributed by atoms with Gasteiger partial charge >= 0.3 is 0 Å². The first-order valence-electron chi connectivity index (χ1n) is 7.31. The molecule has 0 heterocycles. The van der Waals surface area contributed by atoms with Gasteiger partial charge in [0.25, 0.3) is 0 Å². The maximum Gasteiger partial charge on any atom is 0.0368 e. The molecule has 2 heteroatoms. The second kappa shape index (κ2) is 5.75. The van der Waals surface area contributed by atoms with Crippen molar-refractivity contribution < 1.29 is 0 Å². The Kier molecular flexibility index (Phi) is 4.28. The molecule has 2 N–H and O–H groups in total. The fourth-order valence-electron chi connectivity index (χ4n) is 3.28. The lowest BCUT2D eigenvalue weighted by atomic mass is 9.79. The molecule has 2 nitrogen and oxygen atoms in total. The molecule has 0 aliphatic heterocycles. The van der Waals surface area contributed by atoms with E-state index in [2.05, 4.69) is 43.0 Å². The molecule has 1 fully saturated rings. The van der Waals surface area contributed by atoms with Crippen molar-refractivity contribution in [1.29, 1.82) is 0 Å². The minimum Gasteiger partial charge on any atom is -0.372 e. The molecule has 0 atom stereocenters. The van der Waals surface area contributed by atoms with E-state index in [0.717, 1.165) is 19.6 Å². The van der Waals surface area contributed by atoms with Gasteiger partial charge < -0.3 is 10.6 Å². The van der Waals surface area contributed by atoms with Crippen molar-refractivity contribution in [3.8, 4) is 0 Å². The number of hydrogen-bond acceptors (Lipinski definition) is 2. The quantitative estimate of drug-likeness (QED) is 0.863. The number of benzene rings is 1. The largest absolute Gasteiger partial charge is 0.372 e. The first-order chi connectivity index (χ1) is 8.75. The molecule has 0 aromatic heterocycles. The van der Waals surface area contributed by atoms with Crippen molar-refractivity contribution in [2.75, 3.05) is 24.5 Å². The lowest BCUT2D eigenvalue weighted by molar-refractivity contribution is 0.453. The van der Waals surface area contributed by atoms with Crippen molar-refractivity contribution in [3.63, 3.8) is 0 Å². The average Bonchev–Trinajstić information content (AvgIpc) is 2.91. The highest BCUT2D eigenvalue weighted by atomic mass is 15.1. The summed E-state index contributed by atoms with van der Waals surface area (Å²) in [5, 5.41) is 0. The molecule has 1 saturated carbocycles. The highest BCUT2D eigenvalue weighted by molar-refractivity contribution is 5.50. The highest BCUT2D eigenvalue weighted by Crippen LogP contribution is 2.41. The van der Waals surface area contributed by atoms with Crippen LogP contribution in [0.2, 0.25) is 0 Å². The molecule has 0 amide bonds. The Bertz CT molecular complexity index is 376. The maximum atomic E-state index is 6.08. The van der Waals surface area contributed by atoms with E-state index in [4.69, 9.17) is 5.73 Å². The van der Waals surface area contributed by atoms with Crippen molar-refractivity contribution in [2.24, 2.45) is 5.73 Å². The molecule has 0 spiro atoms. The van der Waals surface area contributed by atoms with Crippen LogP contribution in [0.1, 0.15) is 45.1 Å². The number of anilines is 1. The summed E-state index contributed by atoms with van der Waals surface area (Å²) >= 11 is 0. The van der Waals surface area contributed by atoms with Crippen LogP contribution in [0.4, 0.5) is 5.69 Å². The van der Waals surface area contributed by atoms with E-state index in [0.29, 0.717) is 0 Å². The van der Waals surface area contributed by atoms with Crippen molar-refractivity contribution in [1.82, 2.24) is 0 Å². The van der Waals surface area contributed by atoms with Gasteiger partial charge in [-0.2, -0.15) is 0 Å². The summed E-state index contributed by atoms with van der Waals surface area (Å²) in [6, 6.07) is 9.05. The van der Waals surface area contributed by atoms with Gasteiger partial charge in [-0.25, -0.2) is 0 Å². The van der Waals surface area contributed by atoms with Gasteiger partial charge in [0.1, 0.15) is 0 Å². The molecule has 0 unspecified atom stereocenters. The number of nitrogens with two attached hydrogens (primary N) is 1. The van der Waals surface area contributed by atoms with Crippen LogP contribution in [0, 0.1) is 0 Å². The second-order valence-electron chi connectivity index (χ2n) is 5.41. The summed E-state index contributed by atoms with van der Waals surface area (Å²) in [4.78, 5) is 2.41. The molecule has 18 heavy (non-hydrogen) atoms. The number of rotatable bonds is 5. The zero-order valence-corrected chi connectivity index (χ0v) is 11.8. The third-order valence-electron chi connectivity index (χ3n) is 4.54. The monoisotopic (exact) mass is 246 g/mol. The van der Waals surface area contributed by atoms with E-state index < -0.39 is 0 Å². The Morgan fingerprint density at radius 1 is 1.17 bits per heavy atom. The van der Waals surface area contributed by atoms with Crippen LogP contribution in [0.3, 0.4) is 0 Å². The molecular formula is C16H26N2. The van der Waals surface area contributed by atoms with Gasteiger partial charge in [0.2, 0.25) is 0 Å². The van der Waals surface area contributed by atoms with Gasteiger partial charge in [0.05, 0.1) is 0 Å². The molecule has 0 radical (unpaired) electrons. The van der Waals surface area contributed by atoms with Crippen LogP contribution < -0.4 is 10.6 Å². The number of hydrogen-bond donors (Lipinski definition) is 1. The van der Waals surface area contributed by atoms with E-state index >= 15 is 0 Å². The lowest BCUT2D eigenvalue weighted by Gasteiger charge is -2.30. The van der Waals surface area contributed by atoms with Gasteiger partial charge in [0, 0.05) is 30.7 Å². The van der Waals surface area contributed by atoms with Crippen molar-refractivity contribution in [3.05, 3.63) is 29.8 Å². The molecule has 100 valence electrons. The molecule has 1 aliphatic rings. The summed E-state index contributed by atoms with van der Waals surface area (Å²) in [7, 11) is 0. The maximum absolute atomic E-state index is 6.08. The van der Waals surface area contributed by atoms with E-state index in [-0.39, 0.29) is 5.41 Å². The minimum absolute atomic E-state index is 0.253. The predicted molar refractivity (Wildman–Crippen MR) is 79.2 cm³/mol. The molecule has 1 aromatic rings. The average molecular weight is 246 g/mol. The van der Waals surface area contributed by atoms with Crippen LogP contribution >= 0.6 is 0 Å². The Morgan fingerprint density at radius 2 is 1.83 bits per heavy atom. The molecule has 1 aliphatic carbocycles. The summed E-state index contributed by atoms with van der Waals surface area (Å²) in [5.74, 6) is 0. The SMILES string of the molecule is CCN(CC)c1cccc(C2(CN)CCCC2)c1. The van der Waals surface area contributed by atoms with E-state index in [9.17, 15) is 0 Å². The van der Waals surface area contributed by atoms with Crippen LogP contribution in [-0.4, -0.2) is 19.6 Å². The van der Waals surface area contributed by atoms with E-state index in [1.54, 1.807) is 0 Å².